The van der Waals surface area contributed by atoms with Crippen molar-refractivity contribution in [3.8, 4) is 0 Å². The molecule has 0 aromatic carbocycles. The Kier molecular flexibility index (Phi) is 3.70. The quantitative estimate of drug-likeness (QED) is 0.854. The van der Waals surface area contributed by atoms with Crippen molar-refractivity contribution in [1.82, 2.24) is 9.80 Å². The highest BCUT2D eigenvalue weighted by atomic mass is 16.5. The van der Waals surface area contributed by atoms with E-state index in [0.29, 0.717) is 18.2 Å². The largest absolute Gasteiger partial charge is 0.459 e. The van der Waals surface area contributed by atoms with Gasteiger partial charge in [0, 0.05) is 44.2 Å². The second-order valence-electron chi connectivity index (χ2n) is 7.02. The summed E-state index contributed by atoms with van der Waals surface area (Å²) in [6, 6.07) is 1.84. The number of likely N-dealkylation sites (tertiary alicyclic amines) is 1. The molecule has 0 unspecified atom stereocenters. The minimum Gasteiger partial charge on any atom is -0.459 e. The standard InChI is InChI=1S/C17H24N2O3/c1-12-4-6-22-16(12)17(20)19-10-14-9-18(8-13-2-3-13)5-7-21-15(14)11-19/h4,6,13-15H,2-3,5,7-11H2,1H3/t14-,15+/m0/s1. The van der Waals surface area contributed by atoms with Crippen LogP contribution in [0, 0.1) is 18.8 Å². The summed E-state index contributed by atoms with van der Waals surface area (Å²) in [7, 11) is 0. The lowest BCUT2D eigenvalue weighted by Gasteiger charge is -2.23. The molecule has 120 valence electrons. The van der Waals surface area contributed by atoms with E-state index in [-0.39, 0.29) is 12.0 Å². The number of nitrogens with zero attached hydrogens (tertiary/aromatic N) is 2. The van der Waals surface area contributed by atoms with E-state index in [1.54, 1.807) is 6.26 Å². The molecule has 0 spiro atoms. The fraction of sp³-hybridized carbons (Fsp3) is 0.706. The van der Waals surface area contributed by atoms with Crippen molar-refractivity contribution in [3.63, 3.8) is 0 Å². The molecule has 3 fully saturated rings. The van der Waals surface area contributed by atoms with Crippen LogP contribution in [0.2, 0.25) is 0 Å². The third kappa shape index (κ3) is 2.79. The smallest absolute Gasteiger partial charge is 0.289 e. The van der Waals surface area contributed by atoms with Gasteiger partial charge in [-0.1, -0.05) is 0 Å². The zero-order valence-electron chi connectivity index (χ0n) is 13.2. The predicted octanol–water partition coefficient (Wildman–Crippen LogP) is 1.77. The van der Waals surface area contributed by atoms with E-state index in [0.717, 1.165) is 37.7 Å². The van der Waals surface area contributed by atoms with Crippen molar-refractivity contribution in [2.45, 2.75) is 25.9 Å². The molecule has 2 atom stereocenters. The van der Waals surface area contributed by atoms with Gasteiger partial charge in [0.05, 0.1) is 19.0 Å². The highest BCUT2D eigenvalue weighted by Crippen LogP contribution is 2.32. The number of carbonyl (C=O) groups excluding carboxylic acids is 1. The number of furan rings is 1. The van der Waals surface area contributed by atoms with Crippen LogP contribution in [0.5, 0.6) is 0 Å². The first-order valence-corrected chi connectivity index (χ1v) is 8.38. The molecule has 1 aliphatic carbocycles. The fourth-order valence-electron chi connectivity index (χ4n) is 3.69. The van der Waals surface area contributed by atoms with E-state index >= 15 is 0 Å². The van der Waals surface area contributed by atoms with Crippen molar-refractivity contribution < 1.29 is 13.9 Å². The molecule has 22 heavy (non-hydrogen) atoms. The fourth-order valence-corrected chi connectivity index (χ4v) is 3.69. The van der Waals surface area contributed by atoms with Crippen LogP contribution in [0.4, 0.5) is 0 Å². The Balaban J connectivity index is 1.42. The number of amides is 1. The van der Waals surface area contributed by atoms with E-state index in [9.17, 15) is 4.79 Å². The van der Waals surface area contributed by atoms with Crippen molar-refractivity contribution in [1.29, 1.82) is 0 Å². The van der Waals surface area contributed by atoms with Crippen LogP contribution in [-0.4, -0.2) is 61.1 Å². The van der Waals surface area contributed by atoms with Gasteiger partial charge in [0.2, 0.25) is 0 Å². The maximum atomic E-state index is 12.6. The van der Waals surface area contributed by atoms with Gasteiger partial charge in [-0.15, -0.1) is 0 Å². The van der Waals surface area contributed by atoms with E-state index in [1.807, 2.05) is 17.9 Å². The molecular formula is C17H24N2O3. The number of hydrogen-bond acceptors (Lipinski definition) is 4. The first-order valence-electron chi connectivity index (χ1n) is 8.38. The summed E-state index contributed by atoms with van der Waals surface area (Å²) in [5.41, 5.74) is 0.911. The van der Waals surface area contributed by atoms with Crippen molar-refractivity contribution in [2.75, 3.05) is 39.3 Å². The molecule has 5 heteroatoms. The Morgan fingerprint density at radius 3 is 2.91 bits per heavy atom. The van der Waals surface area contributed by atoms with Gasteiger partial charge in [0.25, 0.3) is 5.91 Å². The summed E-state index contributed by atoms with van der Waals surface area (Å²) in [6.45, 7) is 7.48. The molecule has 2 saturated heterocycles. The molecule has 0 radical (unpaired) electrons. The Morgan fingerprint density at radius 1 is 1.32 bits per heavy atom. The average Bonchev–Trinajstić information content (AvgIpc) is 3.13. The second-order valence-corrected chi connectivity index (χ2v) is 7.02. The average molecular weight is 304 g/mol. The van der Waals surface area contributed by atoms with Crippen LogP contribution in [0.25, 0.3) is 0 Å². The first-order chi connectivity index (χ1) is 10.7. The van der Waals surface area contributed by atoms with Gasteiger partial charge in [0.15, 0.2) is 5.76 Å². The molecule has 4 rings (SSSR count). The normalized spacial score (nSPS) is 29.4. The van der Waals surface area contributed by atoms with Crippen LogP contribution in [-0.2, 0) is 4.74 Å². The van der Waals surface area contributed by atoms with E-state index in [2.05, 4.69) is 4.90 Å². The summed E-state index contributed by atoms with van der Waals surface area (Å²) in [5, 5.41) is 0. The van der Waals surface area contributed by atoms with Gasteiger partial charge in [-0.2, -0.15) is 0 Å². The summed E-state index contributed by atoms with van der Waals surface area (Å²) in [6.07, 6.45) is 4.54. The highest BCUT2D eigenvalue weighted by molar-refractivity contribution is 5.93. The molecule has 0 N–H and O–H groups in total. The topological polar surface area (TPSA) is 45.9 Å². The minimum absolute atomic E-state index is 0.00733. The third-order valence-corrected chi connectivity index (χ3v) is 5.17. The molecule has 1 aromatic heterocycles. The molecule has 5 nitrogen and oxygen atoms in total. The van der Waals surface area contributed by atoms with Crippen LogP contribution in [0.15, 0.2) is 16.7 Å². The van der Waals surface area contributed by atoms with Crippen molar-refractivity contribution in [3.05, 3.63) is 23.7 Å². The van der Waals surface area contributed by atoms with Gasteiger partial charge in [-0.3, -0.25) is 4.79 Å². The summed E-state index contributed by atoms with van der Waals surface area (Å²) >= 11 is 0. The third-order valence-electron chi connectivity index (χ3n) is 5.17. The van der Waals surface area contributed by atoms with Crippen LogP contribution in [0.1, 0.15) is 29.0 Å². The molecule has 1 aromatic rings. The lowest BCUT2D eigenvalue weighted by Crippen LogP contribution is -2.35. The zero-order chi connectivity index (χ0) is 15.1. The number of hydrogen-bond donors (Lipinski definition) is 0. The van der Waals surface area contributed by atoms with Crippen LogP contribution in [0.3, 0.4) is 0 Å². The van der Waals surface area contributed by atoms with Crippen LogP contribution >= 0.6 is 0 Å². The Morgan fingerprint density at radius 2 is 2.18 bits per heavy atom. The number of fused-ring (bicyclic) bond motifs is 1. The number of ether oxygens (including phenoxy) is 1. The lowest BCUT2D eigenvalue weighted by atomic mass is 10.1. The number of rotatable bonds is 3. The lowest BCUT2D eigenvalue weighted by molar-refractivity contribution is 0.0476. The maximum Gasteiger partial charge on any atom is 0.289 e. The van der Waals surface area contributed by atoms with Crippen molar-refractivity contribution in [2.24, 2.45) is 11.8 Å². The molecule has 1 saturated carbocycles. The summed E-state index contributed by atoms with van der Waals surface area (Å²) in [4.78, 5) is 17.0. The molecule has 2 aliphatic heterocycles. The Bertz CT molecular complexity index is 552. The maximum absolute atomic E-state index is 12.6. The number of aryl methyl sites for hydroxylation is 1. The first kappa shape index (κ1) is 14.3. The van der Waals surface area contributed by atoms with Gasteiger partial charge in [-0.05, 0) is 31.7 Å². The summed E-state index contributed by atoms with van der Waals surface area (Å²) < 4.78 is 11.4. The molecule has 3 aliphatic rings. The Labute approximate surface area is 131 Å². The minimum atomic E-state index is 0.00733. The van der Waals surface area contributed by atoms with Crippen LogP contribution < -0.4 is 0 Å². The SMILES string of the molecule is Cc1ccoc1C(=O)N1C[C@@H]2CN(CC3CC3)CCO[C@@H]2C1. The van der Waals surface area contributed by atoms with Gasteiger partial charge >= 0.3 is 0 Å². The molecular weight excluding hydrogens is 280 g/mol. The summed E-state index contributed by atoms with van der Waals surface area (Å²) in [5.74, 6) is 1.82. The van der Waals surface area contributed by atoms with Gasteiger partial charge < -0.3 is 19.0 Å². The van der Waals surface area contributed by atoms with Crippen molar-refractivity contribution >= 4 is 5.91 Å². The highest BCUT2D eigenvalue weighted by Gasteiger charge is 2.40. The molecule has 3 heterocycles. The molecule has 1 amide bonds. The predicted molar refractivity (Wildman–Crippen MR) is 81.7 cm³/mol. The van der Waals surface area contributed by atoms with E-state index in [1.165, 1.54) is 19.4 Å². The van der Waals surface area contributed by atoms with Gasteiger partial charge in [0.1, 0.15) is 0 Å². The zero-order valence-corrected chi connectivity index (χ0v) is 13.2. The molecule has 0 bridgehead atoms. The monoisotopic (exact) mass is 304 g/mol. The van der Waals surface area contributed by atoms with E-state index < -0.39 is 0 Å². The Hall–Kier alpha value is -1.33. The second kappa shape index (κ2) is 5.70. The number of carbonyl (C=O) groups is 1. The van der Waals surface area contributed by atoms with E-state index in [4.69, 9.17) is 9.15 Å². The van der Waals surface area contributed by atoms with Gasteiger partial charge in [-0.25, -0.2) is 0 Å².